The molecule has 5 unspecified atom stereocenters. The number of hydrogen-bond acceptors (Lipinski definition) is 3. The molecule has 3 aliphatic rings. The number of carbonyl (C=O) groups excluding carboxylic acids is 1. The van der Waals surface area contributed by atoms with Gasteiger partial charge < -0.3 is 9.47 Å². The summed E-state index contributed by atoms with van der Waals surface area (Å²) in [6.07, 6.45) is 11.7. The molecule has 0 aromatic rings. The summed E-state index contributed by atoms with van der Waals surface area (Å²) in [6, 6.07) is 0. The minimum Gasteiger partial charge on any atom is -0.350 e. The van der Waals surface area contributed by atoms with Crippen LogP contribution in [-0.2, 0) is 14.3 Å². The van der Waals surface area contributed by atoms with Crippen LogP contribution in [0.1, 0.15) is 106 Å². The lowest BCUT2D eigenvalue weighted by Gasteiger charge is -2.45. The van der Waals surface area contributed by atoms with E-state index in [-0.39, 0.29) is 22.9 Å². The average Bonchev–Trinajstić information content (AvgIpc) is 3.39. The molecule has 28 heavy (non-hydrogen) atoms. The van der Waals surface area contributed by atoms with Crippen LogP contribution in [0.25, 0.3) is 0 Å². The highest BCUT2D eigenvalue weighted by atomic mass is 16.7. The molecule has 0 aromatic carbocycles. The van der Waals surface area contributed by atoms with E-state index in [9.17, 15) is 4.79 Å². The summed E-state index contributed by atoms with van der Waals surface area (Å²) in [5.74, 6) is 1.44. The van der Waals surface area contributed by atoms with E-state index in [0.29, 0.717) is 17.6 Å². The summed E-state index contributed by atoms with van der Waals surface area (Å²) in [5, 5.41) is 0. The Bertz CT molecular complexity index is 544. The van der Waals surface area contributed by atoms with Gasteiger partial charge in [0.1, 0.15) is 5.78 Å². The van der Waals surface area contributed by atoms with Crippen molar-refractivity contribution in [2.45, 2.75) is 118 Å². The van der Waals surface area contributed by atoms with Crippen LogP contribution in [-0.4, -0.2) is 24.3 Å². The van der Waals surface area contributed by atoms with Gasteiger partial charge in [0, 0.05) is 17.3 Å². The molecule has 3 fully saturated rings. The van der Waals surface area contributed by atoms with Crippen LogP contribution >= 0.6 is 0 Å². The lowest BCUT2D eigenvalue weighted by Crippen LogP contribution is -2.48. The highest BCUT2D eigenvalue weighted by Gasteiger charge is 2.51. The van der Waals surface area contributed by atoms with Crippen LogP contribution in [0.5, 0.6) is 0 Å². The first-order valence-electron chi connectivity index (χ1n) is 11.9. The third-order valence-corrected chi connectivity index (χ3v) is 7.70. The van der Waals surface area contributed by atoms with E-state index in [0.717, 1.165) is 38.7 Å². The van der Waals surface area contributed by atoms with Crippen molar-refractivity contribution in [2.24, 2.45) is 28.6 Å². The molecule has 3 nitrogen and oxygen atoms in total. The van der Waals surface area contributed by atoms with Crippen LogP contribution in [0.15, 0.2) is 0 Å². The van der Waals surface area contributed by atoms with Gasteiger partial charge in [0.2, 0.25) is 0 Å². The fourth-order valence-electron chi connectivity index (χ4n) is 6.00. The van der Waals surface area contributed by atoms with E-state index in [1.807, 2.05) is 0 Å². The maximum Gasteiger partial charge on any atom is 0.168 e. The third-order valence-electron chi connectivity index (χ3n) is 7.70. The first kappa shape index (κ1) is 22.3. The van der Waals surface area contributed by atoms with Gasteiger partial charge in [-0.3, -0.25) is 4.79 Å². The number of ketones is 1. The van der Waals surface area contributed by atoms with Crippen molar-refractivity contribution in [1.82, 2.24) is 0 Å². The van der Waals surface area contributed by atoms with E-state index in [1.54, 1.807) is 0 Å². The molecule has 0 spiro atoms. The molecule has 0 aromatic heterocycles. The highest BCUT2D eigenvalue weighted by Crippen LogP contribution is 2.51. The zero-order valence-corrected chi connectivity index (χ0v) is 19.3. The maximum atomic E-state index is 13.3. The van der Waals surface area contributed by atoms with Crippen molar-refractivity contribution >= 4 is 5.78 Å². The molecule has 2 aliphatic carbocycles. The van der Waals surface area contributed by atoms with Crippen molar-refractivity contribution in [3.63, 3.8) is 0 Å². The van der Waals surface area contributed by atoms with E-state index in [4.69, 9.17) is 9.47 Å². The Morgan fingerprint density at radius 3 is 2.36 bits per heavy atom. The lowest BCUT2D eigenvalue weighted by molar-refractivity contribution is -0.312. The zero-order valence-electron chi connectivity index (χ0n) is 19.3. The SMILES string of the molecule is CCC(C)(CC(C)(C)C)C(=O)C1CC1CC1CCOC(C)(C2CCCCC2)O1. The molecule has 0 radical (unpaired) electrons. The Kier molecular flexibility index (Phi) is 6.67. The summed E-state index contributed by atoms with van der Waals surface area (Å²) in [7, 11) is 0. The Labute approximate surface area is 173 Å². The van der Waals surface area contributed by atoms with Crippen molar-refractivity contribution in [3.8, 4) is 0 Å². The molecule has 5 atom stereocenters. The van der Waals surface area contributed by atoms with Gasteiger partial charge in [0.05, 0.1) is 12.7 Å². The van der Waals surface area contributed by atoms with E-state index >= 15 is 0 Å². The van der Waals surface area contributed by atoms with Gasteiger partial charge in [0.15, 0.2) is 5.79 Å². The summed E-state index contributed by atoms with van der Waals surface area (Å²) in [6.45, 7) is 14.1. The van der Waals surface area contributed by atoms with Crippen LogP contribution in [0.4, 0.5) is 0 Å². The van der Waals surface area contributed by atoms with Crippen LogP contribution < -0.4 is 0 Å². The van der Waals surface area contributed by atoms with Gasteiger partial charge in [-0.1, -0.05) is 53.9 Å². The Morgan fingerprint density at radius 2 is 1.75 bits per heavy atom. The van der Waals surface area contributed by atoms with Crippen LogP contribution in [0, 0.1) is 28.6 Å². The normalized spacial score (nSPS) is 36.7. The molecule has 2 saturated carbocycles. The molecule has 162 valence electrons. The zero-order chi connectivity index (χ0) is 20.6. The quantitative estimate of drug-likeness (QED) is 0.493. The lowest BCUT2D eigenvalue weighted by atomic mass is 9.69. The molecule has 0 bridgehead atoms. The first-order valence-corrected chi connectivity index (χ1v) is 11.9. The van der Waals surface area contributed by atoms with E-state index in [1.165, 1.54) is 32.1 Å². The average molecular weight is 393 g/mol. The molecule has 1 aliphatic heterocycles. The molecule has 1 heterocycles. The van der Waals surface area contributed by atoms with Crippen LogP contribution in [0.2, 0.25) is 0 Å². The maximum absolute atomic E-state index is 13.3. The monoisotopic (exact) mass is 392 g/mol. The second-order valence-electron chi connectivity index (χ2n) is 11.6. The predicted octanol–water partition coefficient (Wildman–Crippen LogP) is 6.54. The first-order chi connectivity index (χ1) is 13.1. The second-order valence-corrected chi connectivity index (χ2v) is 11.6. The van der Waals surface area contributed by atoms with Crippen molar-refractivity contribution < 1.29 is 14.3 Å². The van der Waals surface area contributed by atoms with E-state index < -0.39 is 5.79 Å². The van der Waals surface area contributed by atoms with Crippen LogP contribution in [0.3, 0.4) is 0 Å². The molecule has 0 amide bonds. The predicted molar refractivity (Wildman–Crippen MR) is 114 cm³/mol. The molecule has 3 heteroatoms. The van der Waals surface area contributed by atoms with Gasteiger partial charge >= 0.3 is 0 Å². The van der Waals surface area contributed by atoms with Crippen molar-refractivity contribution in [1.29, 1.82) is 0 Å². The van der Waals surface area contributed by atoms with Gasteiger partial charge in [-0.15, -0.1) is 0 Å². The van der Waals surface area contributed by atoms with Crippen molar-refractivity contribution in [2.75, 3.05) is 6.61 Å². The number of hydrogen-bond donors (Lipinski definition) is 0. The Morgan fingerprint density at radius 1 is 1.07 bits per heavy atom. The number of rotatable bonds is 7. The smallest absolute Gasteiger partial charge is 0.168 e. The number of Topliss-reactive ketones (excluding diaryl/α,β-unsaturated/α-hetero) is 1. The minimum atomic E-state index is -0.401. The summed E-state index contributed by atoms with van der Waals surface area (Å²) in [5.41, 5.74) is 0.0151. The third kappa shape index (κ3) is 5.19. The summed E-state index contributed by atoms with van der Waals surface area (Å²) >= 11 is 0. The Hall–Kier alpha value is -0.410. The number of ether oxygens (including phenoxy) is 2. The molecular formula is C25H44O3. The largest absolute Gasteiger partial charge is 0.350 e. The number of carbonyl (C=O) groups is 1. The second kappa shape index (κ2) is 8.38. The Balaban J connectivity index is 1.54. The fourth-order valence-corrected chi connectivity index (χ4v) is 6.00. The molecule has 0 N–H and O–H groups in total. The van der Waals surface area contributed by atoms with Gasteiger partial charge in [-0.05, 0) is 63.2 Å². The van der Waals surface area contributed by atoms with Gasteiger partial charge in [-0.2, -0.15) is 0 Å². The summed E-state index contributed by atoms with van der Waals surface area (Å²) in [4.78, 5) is 13.3. The molecule has 3 rings (SSSR count). The minimum absolute atomic E-state index is 0.176. The molecule has 1 saturated heterocycles. The highest BCUT2D eigenvalue weighted by molar-refractivity contribution is 5.89. The standard InChI is InChI=1S/C25H44O3/c1-7-24(5,17-23(2,3)4)22(26)21-16-18(21)15-20-13-14-27-25(6,28-20)19-11-9-8-10-12-19/h18-21H,7-17H2,1-6H3. The van der Waals surface area contributed by atoms with E-state index in [2.05, 4.69) is 41.5 Å². The van der Waals surface area contributed by atoms with Crippen molar-refractivity contribution in [3.05, 3.63) is 0 Å². The van der Waals surface area contributed by atoms with Gasteiger partial charge in [-0.25, -0.2) is 0 Å². The molecular weight excluding hydrogens is 348 g/mol. The summed E-state index contributed by atoms with van der Waals surface area (Å²) < 4.78 is 12.7. The fraction of sp³-hybridized carbons (Fsp3) is 0.960. The topological polar surface area (TPSA) is 35.5 Å². The van der Waals surface area contributed by atoms with Gasteiger partial charge in [0.25, 0.3) is 0 Å².